The van der Waals surface area contributed by atoms with Gasteiger partial charge in [0.05, 0.1) is 10.2 Å². The zero-order valence-electron chi connectivity index (χ0n) is 15.0. The van der Waals surface area contributed by atoms with Crippen molar-refractivity contribution >= 4 is 39.9 Å². The van der Waals surface area contributed by atoms with Gasteiger partial charge in [0.15, 0.2) is 11.5 Å². The molecule has 0 saturated carbocycles. The number of para-hydroxylation sites is 1. The Morgan fingerprint density at radius 2 is 1.67 bits per heavy atom. The number of hydrogen-bond acceptors (Lipinski definition) is 3. The maximum absolute atomic E-state index is 6.07. The molecule has 3 nitrogen and oxygen atoms in total. The molecule has 0 fully saturated rings. The number of rotatable bonds is 8. The van der Waals surface area contributed by atoms with Crippen LogP contribution in [0.15, 0.2) is 66.7 Å². The van der Waals surface area contributed by atoms with Crippen molar-refractivity contribution in [1.82, 2.24) is 0 Å². The van der Waals surface area contributed by atoms with Crippen LogP contribution in [0.2, 0.25) is 5.02 Å². The Kier molecular flexibility index (Phi) is 7.24. The molecule has 0 aliphatic carbocycles. The van der Waals surface area contributed by atoms with Crippen molar-refractivity contribution in [2.24, 2.45) is 0 Å². The number of ether oxygens (including phenoxy) is 2. The van der Waals surface area contributed by atoms with Crippen molar-refractivity contribution in [2.45, 2.75) is 20.1 Å². The molecule has 0 bridgehead atoms. The van der Waals surface area contributed by atoms with Gasteiger partial charge in [-0.3, -0.25) is 0 Å². The number of anilines is 1. The summed E-state index contributed by atoms with van der Waals surface area (Å²) in [5.41, 5.74) is 3.30. The normalized spacial score (nSPS) is 10.5. The molecule has 0 aliphatic heterocycles. The van der Waals surface area contributed by atoms with Crippen molar-refractivity contribution in [3.8, 4) is 11.5 Å². The molecule has 0 heterocycles. The minimum atomic E-state index is 0.467. The zero-order chi connectivity index (χ0) is 19.1. The highest BCUT2D eigenvalue weighted by Gasteiger charge is 2.13. The molecular formula is C22H21ClINO2. The molecule has 0 aliphatic rings. The van der Waals surface area contributed by atoms with Crippen LogP contribution in [-0.2, 0) is 13.2 Å². The molecule has 0 unspecified atom stereocenters. The van der Waals surface area contributed by atoms with E-state index >= 15 is 0 Å². The third-order valence-electron chi connectivity index (χ3n) is 3.94. The lowest BCUT2D eigenvalue weighted by molar-refractivity contribution is 0.267. The van der Waals surface area contributed by atoms with Crippen LogP contribution in [-0.4, -0.2) is 6.61 Å². The summed E-state index contributed by atoms with van der Waals surface area (Å²) < 4.78 is 12.9. The van der Waals surface area contributed by atoms with Crippen LogP contribution < -0.4 is 14.8 Å². The molecule has 140 valence electrons. The second-order valence-electron chi connectivity index (χ2n) is 5.97. The van der Waals surface area contributed by atoms with E-state index in [2.05, 4.69) is 46.1 Å². The highest BCUT2D eigenvalue weighted by Crippen LogP contribution is 2.35. The summed E-state index contributed by atoms with van der Waals surface area (Å²) in [6.45, 7) is 3.75. The van der Waals surface area contributed by atoms with Crippen LogP contribution in [0.1, 0.15) is 18.1 Å². The number of hydrogen-bond donors (Lipinski definition) is 1. The Morgan fingerprint density at radius 3 is 2.37 bits per heavy atom. The molecule has 3 aromatic rings. The van der Waals surface area contributed by atoms with E-state index in [4.69, 9.17) is 21.1 Å². The molecule has 3 rings (SSSR count). The largest absolute Gasteiger partial charge is 0.490 e. The van der Waals surface area contributed by atoms with Gasteiger partial charge in [-0.1, -0.05) is 41.9 Å². The highest BCUT2D eigenvalue weighted by atomic mass is 127. The Morgan fingerprint density at radius 1 is 0.926 bits per heavy atom. The monoisotopic (exact) mass is 493 g/mol. The van der Waals surface area contributed by atoms with Gasteiger partial charge in [0.1, 0.15) is 6.61 Å². The molecule has 0 aromatic heterocycles. The predicted molar refractivity (Wildman–Crippen MR) is 120 cm³/mol. The molecule has 0 radical (unpaired) electrons. The van der Waals surface area contributed by atoms with E-state index in [0.717, 1.165) is 43.5 Å². The lowest BCUT2D eigenvalue weighted by Gasteiger charge is -2.16. The van der Waals surface area contributed by atoms with Gasteiger partial charge in [0, 0.05) is 17.3 Å². The van der Waals surface area contributed by atoms with E-state index in [0.29, 0.717) is 13.2 Å². The average Bonchev–Trinajstić information content (AvgIpc) is 2.68. The van der Waals surface area contributed by atoms with Gasteiger partial charge < -0.3 is 14.8 Å². The second kappa shape index (κ2) is 9.85. The fourth-order valence-electron chi connectivity index (χ4n) is 2.62. The molecule has 0 spiro atoms. The Hall–Kier alpha value is -1.92. The smallest absolute Gasteiger partial charge is 0.174 e. The van der Waals surface area contributed by atoms with Gasteiger partial charge in [0.25, 0.3) is 0 Å². The second-order valence-corrected chi connectivity index (χ2v) is 7.57. The molecule has 0 saturated heterocycles. The molecule has 27 heavy (non-hydrogen) atoms. The summed E-state index contributed by atoms with van der Waals surface area (Å²) in [4.78, 5) is 0. The Balaban J connectivity index is 1.74. The third-order valence-corrected chi connectivity index (χ3v) is 4.99. The maximum Gasteiger partial charge on any atom is 0.174 e. The van der Waals surface area contributed by atoms with E-state index in [-0.39, 0.29) is 0 Å². The van der Waals surface area contributed by atoms with E-state index in [9.17, 15) is 0 Å². The van der Waals surface area contributed by atoms with E-state index < -0.39 is 0 Å². The van der Waals surface area contributed by atoms with Crippen molar-refractivity contribution in [3.63, 3.8) is 0 Å². The van der Waals surface area contributed by atoms with E-state index in [1.165, 1.54) is 0 Å². The molecule has 1 N–H and O–H groups in total. The summed E-state index contributed by atoms with van der Waals surface area (Å²) in [6, 6.07) is 22.0. The van der Waals surface area contributed by atoms with Crippen molar-refractivity contribution in [2.75, 3.05) is 11.9 Å². The summed E-state index contributed by atoms with van der Waals surface area (Å²) in [7, 11) is 0. The number of nitrogens with one attached hydrogen (secondary N) is 1. The molecular weight excluding hydrogens is 473 g/mol. The van der Waals surface area contributed by atoms with Crippen molar-refractivity contribution < 1.29 is 9.47 Å². The first-order valence-corrected chi connectivity index (χ1v) is 10.2. The first-order valence-electron chi connectivity index (χ1n) is 8.77. The lowest BCUT2D eigenvalue weighted by atomic mass is 10.2. The zero-order valence-corrected chi connectivity index (χ0v) is 18.0. The van der Waals surface area contributed by atoms with Gasteiger partial charge in [-0.25, -0.2) is 0 Å². The summed E-state index contributed by atoms with van der Waals surface area (Å²) in [5, 5.41) is 4.15. The fraction of sp³-hybridized carbons (Fsp3) is 0.182. The SMILES string of the molecule is CCOc1cc(CNc2ccccc2)cc(I)c1OCc1ccc(Cl)cc1. The van der Waals surface area contributed by atoms with Gasteiger partial charge in [-0.05, 0) is 77.0 Å². The summed E-state index contributed by atoms with van der Waals surface area (Å²) in [5.74, 6) is 1.54. The van der Waals surface area contributed by atoms with Gasteiger partial charge in [-0.2, -0.15) is 0 Å². The van der Waals surface area contributed by atoms with Crippen LogP contribution in [0.4, 0.5) is 5.69 Å². The minimum absolute atomic E-state index is 0.467. The first kappa shape index (κ1) is 19.8. The number of halogens is 2. The lowest BCUT2D eigenvalue weighted by Crippen LogP contribution is -2.05. The summed E-state index contributed by atoms with van der Waals surface area (Å²) in [6.07, 6.45) is 0. The van der Waals surface area contributed by atoms with Crippen LogP contribution in [0, 0.1) is 3.57 Å². The standard InChI is InChI=1S/C22H21ClINO2/c1-2-26-21-13-17(14-25-19-6-4-3-5-7-19)12-20(24)22(21)27-15-16-8-10-18(23)11-9-16/h3-13,25H,2,14-15H2,1H3. The minimum Gasteiger partial charge on any atom is -0.490 e. The van der Waals surface area contributed by atoms with Crippen LogP contribution in [0.25, 0.3) is 0 Å². The predicted octanol–water partition coefficient (Wildman–Crippen LogP) is 6.53. The Labute approximate surface area is 178 Å². The summed E-state index contributed by atoms with van der Waals surface area (Å²) >= 11 is 8.24. The van der Waals surface area contributed by atoms with Crippen LogP contribution in [0.5, 0.6) is 11.5 Å². The molecule has 3 aromatic carbocycles. The topological polar surface area (TPSA) is 30.5 Å². The van der Waals surface area contributed by atoms with Crippen LogP contribution in [0.3, 0.4) is 0 Å². The average molecular weight is 494 g/mol. The molecule has 0 amide bonds. The van der Waals surface area contributed by atoms with E-state index in [1.807, 2.05) is 55.5 Å². The third kappa shape index (κ3) is 5.78. The Bertz CT molecular complexity index is 869. The highest BCUT2D eigenvalue weighted by molar-refractivity contribution is 14.1. The molecule has 0 atom stereocenters. The van der Waals surface area contributed by atoms with Crippen molar-refractivity contribution in [3.05, 3.63) is 86.4 Å². The fourth-order valence-corrected chi connectivity index (χ4v) is 3.57. The van der Waals surface area contributed by atoms with Crippen molar-refractivity contribution in [1.29, 1.82) is 0 Å². The van der Waals surface area contributed by atoms with Gasteiger partial charge in [-0.15, -0.1) is 0 Å². The van der Waals surface area contributed by atoms with Gasteiger partial charge in [0.2, 0.25) is 0 Å². The first-order chi connectivity index (χ1) is 13.2. The van der Waals surface area contributed by atoms with Crippen LogP contribution >= 0.6 is 34.2 Å². The maximum atomic E-state index is 6.07. The van der Waals surface area contributed by atoms with Gasteiger partial charge >= 0.3 is 0 Å². The number of benzene rings is 3. The quantitative estimate of drug-likeness (QED) is 0.362. The van der Waals surface area contributed by atoms with E-state index in [1.54, 1.807) is 0 Å². The molecule has 5 heteroatoms.